The first-order valence-corrected chi connectivity index (χ1v) is 10.0. The molecule has 0 bridgehead atoms. The average molecular weight is 721 g/mol. The minimum absolute atomic E-state index is 0. The Morgan fingerprint density at radius 1 is 0.395 bits per heavy atom. The van der Waals surface area contributed by atoms with E-state index in [4.69, 9.17) is 17.2 Å². The summed E-state index contributed by atoms with van der Waals surface area (Å²) in [6, 6.07) is 9.52. The van der Waals surface area contributed by atoms with Gasteiger partial charge in [-0.3, -0.25) is 0 Å². The van der Waals surface area contributed by atoms with Gasteiger partial charge in [-0.05, 0) is 34.9 Å². The molecule has 43 heavy (non-hydrogen) atoms. The van der Waals surface area contributed by atoms with Gasteiger partial charge in [0.05, 0.1) is 35.8 Å². The molecule has 0 saturated carbocycles. The van der Waals surface area contributed by atoms with E-state index in [-0.39, 0.29) is 107 Å². The summed E-state index contributed by atoms with van der Waals surface area (Å²) in [7, 11) is 0. The Hall–Kier alpha value is -4.60. The zero-order valence-corrected chi connectivity index (χ0v) is 24.1. The topological polar surface area (TPSA) is 347 Å². The molecule has 0 aromatic heterocycles. The van der Waals surface area contributed by atoms with Gasteiger partial charge in [-0.25, -0.2) is 0 Å². The second kappa shape index (κ2) is 20.3. The molecule has 6 N–H and O–H groups in total. The molecule has 0 aliphatic carbocycles. The van der Waals surface area contributed by atoms with Crippen molar-refractivity contribution in [1.29, 1.82) is 0 Å². The maximum absolute atomic E-state index is 10.3. The first-order chi connectivity index (χ1) is 18.1. The number of carboxylic acid groups (broad SMARTS) is 6. The molecule has 0 aliphatic heterocycles. The molecule has 0 spiro atoms. The van der Waals surface area contributed by atoms with Crippen LogP contribution in [0.3, 0.4) is 0 Å². The minimum atomic E-state index is -1.44. The molecule has 0 radical (unpaired) electrons. The van der Waals surface area contributed by atoms with Gasteiger partial charge in [0.25, 0.3) is 0 Å². The van der Waals surface area contributed by atoms with Gasteiger partial charge in [-0.15, -0.1) is 0 Å². The Labute approximate surface area is 273 Å². The van der Waals surface area contributed by atoms with Gasteiger partial charge >= 0.3 is 0 Å². The van der Waals surface area contributed by atoms with Crippen LogP contribution < -0.4 is 47.8 Å². The van der Waals surface area contributed by atoms with Crippen molar-refractivity contribution in [1.82, 2.24) is 0 Å². The molecule has 0 heterocycles. The van der Waals surface area contributed by atoms with Gasteiger partial charge in [-0.2, -0.15) is 0 Å². The third kappa shape index (κ3) is 13.7. The normalized spacial score (nSPS) is 8.65. The Morgan fingerprint density at radius 3 is 0.698 bits per heavy atom. The first kappa shape index (κ1) is 45.4. The van der Waals surface area contributed by atoms with Crippen molar-refractivity contribution >= 4 is 52.9 Å². The van der Waals surface area contributed by atoms with Gasteiger partial charge in [0.15, 0.2) is 0 Å². The van der Waals surface area contributed by atoms with Crippen molar-refractivity contribution in [2.45, 2.75) is 0 Å². The van der Waals surface area contributed by atoms with Crippen LogP contribution in [0.5, 0.6) is 0 Å². The van der Waals surface area contributed by atoms with Crippen LogP contribution in [0.2, 0.25) is 0 Å². The zero-order valence-electron chi connectivity index (χ0n) is 20.8. The van der Waals surface area contributed by atoms with Crippen LogP contribution >= 0.6 is 0 Å². The zero-order chi connectivity index (χ0) is 30.0. The second-order valence-electron chi connectivity index (χ2n) is 7.13. The number of hydrogen-bond donors (Lipinski definition) is 3. The van der Waals surface area contributed by atoms with Crippen molar-refractivity contribution in [3.05, 3.63) is 88.0 Å². The maximum atomic E-state index is 10.3. The van der Waals surface area contributed by atoms with Crippen molar-refractivity contribution < 1.29 is 116 Å². The number of nitrogens with two attached hydrogens (primary N) is 3. The number of carboxylic acids is 6. The number of nitrogen functional groups attached to an aromatic ring is 3. The summed E-state index contributed by atoms with van der Waals surface area (Å²) in [6.07, 6.45) is 0. The molecule has 19 heteroatoms. The number of rotatable bonds is 6. The molecule has 0 fully saturated rings. The van der Waals surface area contributed by atoms with Gasteiger partial charge in [0.2, 0.25) is 0 Å². The number of hydrogen-bond acceptors (Lipinski definition) is 15. The molecular formula is C24H15Fe3N3O13-8. The fourth-order valence-electron chi connectivity index (χ4n) is 2.63. The molecular weight excluding hydrogens is 706 g/mol. The van der Waals surface area contributed by atoms with E-state index < -0.39 is 35.8 Å². The van der Waals surface area contributed by atoms with Gasteiger partial charge in [0, 0.05) is 85.0 Å². The molecule has 0 unspecified atom stereocenters. The number of benzene rings is 3. The smallest absolute Gasteiger partial charge is 0.0736 e. The van der Waals surface area contributed by atoms with Crippen LogP contribution in [0.15, 0.2) is 54.6 Å². The summed E-state index contributed by atoms with van der Waals surface area (Å²) < 4.78 is 0. The fraction of sp³-hybridized carbons (Fsp3) is 0. The van der Waals surface area contributed by atoms with Crippen molar-refractivity contribution in [3.63, 3.8) is 0 Å². The van der Waals surface area contributed by atoms with Crippen molar-refractivity contribution in [2.75, 3.05) is 17.2 Å². The van der Waals surface area contributed by atoms with Crippen LogP contribution in [0.1, 0.15) is 62.1 Å². The van der Waals surface area contributed by atoms with E-state index in [0.717, 1.165) is 54.6 Å². The van der Waals surface area contributed by atoms with Crippen LogP contribution in [-0.4, -0.2) is 35.8 Å². The van der Waals surface area contributed by atoms with Crippen LogP contribution in [0.4, 0.5) is 17.1 Å². The first-order valence-electron chi connectivity index (χ1n) is 10.0. The van der Waals surface area contributed by atoms with Crippen LogP contribution in [-0.2, 0) is 56.7 Å². The predicted octanol–water partition coefficient (Wildman–Crippen LogP) is -6.14. The van der Waals surface area contributed by atoms with E-state index in [1.807, 2.05) is 0 Å². The SMILES string of the molecule is Nc1cc(C(=O)[O-])ccc1C(=O)[O-].Nc1cc(C(=O)[O-])ccc1C(=O)[O-].Nc1cc(C(=O)[O-])ccc1C(=O)[O-].[Fe].[Fe].[Fe].[O-2]. The van der Waals surface area contributed by atoms with E-state index in [1.54, 1.807) is 0 Å². The van der Waals surface area contributed by atoms with E-state index in [9.17, 15) is 59.4 Å². The van der Waals surface area contributed by atoms with E-state index in [1.165, 1.54) is 0 Å². The summed E-state index contributed by atoms with van der Waals surface area (Å²) in [6.45, 7) is 0. The second-order valence-corrected chi connectivity index (χ2v) is 7.13. The monoisotopic (exact) mass is 721 g/mol. The Bertz CT molecular complexity index is 1310. The Kier molecular flexibility index (Phi) is 21.4. The minimum Gasteiger partial charge on any atom is -2.00 e. The number of carbonyl (C=O) groups excluding carboxylic acids is 6. The Balaban J connectivity index is -0.000000253. The summed E-state index contributed by atoms with van der Waals surface area (Å²) >= 11 is 0. The molecule has 0 aliphatic rings. The molecule has 3 aromatic carbocycles. The van der Waals surface area contributed by atoms with E-state index in [2.05, 4.69) is 0 Å². The summed E-state index contributed by atoms with van der Waals surface area (Å²) in [5, 5.41) is 62.0. The third-order valence-electron chi connectivity index (χ3n) is 4.52. The molecule has 3 rings (SSSR count). The molecule has 3 aromatic rings. The van der Waals surface area contributed by atoms with Crippen LogP contribution in [0, 0.1) is 0 Å². The number of aromatic carboxylic acids is 6. The predicted molar refractivity (Wildman–Crippen MR) is 119 cm³/mol. The standard InChI is InChI=1S/3C8H7NO4.3Fe.O/c3*9-6-3-4(7(10)11)1-2-5(6)8(12)13;;;;/h3*1-3H,9H2,(H,10,11)(H,12,13);;;;/q;;;;;;-2/p-6. The molecule has 16 nitrogen and oxygen atoms in total. The number of anilines is 3. The summed E-state index contributed by atoms with van der Waals surface area (Å²) in [4.78, 5) is 62.0. The van der Waals surface area contributed by atoms with Crippen LogP contribution in [0.25, 0.3) is 0 Å². The van der Waals surface area contributed by atoms with Crippen molar-refractivity contribution in [2.24, 2.45) is 0 Å². The van der Waals surface area contributed by atoms with Gasteiger partial charge in [-0.1, -0.05) is 36.4 Å². The van der Waals surface area contributed by atoms with E-state index >= 15 is 0 Å². The molecule has 0 atom stereocenters. The molecule has 236 valence electrons. The van der Waals surface area contributed by atoms with Gasteiger partial charge in [0.1, 0.15) is 0 Å². The van der Waals surface area contributed by atoms with Crippen molar-refractivity contribution in [3.8, 4) is 0 Å². The van der Waals surface area contributed by atoms with E-state index in [0.29, 0.717) is 0 Å². The quantitative estimate of drug-likeness (QED) is 0.157. The average Bonchev–Trinajstić information content (AvgIpc) is 2.83. The number of carbonyl (C=O) groups is 6. The third-order valence-corrected chi connectivity index (χ3v) is 4.52. The maximum Gasteiger partial charge on any atom is 0.0736 e. The fourth-order valence-corrected chi connectivity index (χ4v) is 2.63. The molecule has 0 amide bonds. The van der Waals surface area contributed by atoms with Gasteiger partial charge < -0.3 is 82.1 Å². The Morgan fingerprint density at radius 2 is 0.581 bits per heavy atom. The molecule has 0 saturated heterocycles. The largest absolute Gasteiger partial charge is 2.00 e. The summed E-state index contributed by atoms with van der Waals surface area (Å²) in [5.41, 5.74) is 14.1. The summed E-state index contributed by atoms with van der Waals surface area (Å²) in [5.74, 6) is -8.54.